The average Bonchev–Trinajstić information content (AvgIpc) is 2.98. The molecule has 0 fully saturated rings. The van der Waals surface area contributed by atoms with Crippen LogP contribution in [-0.2, 0) is 11.3 Å². The lowest BCUT2D eigenvalue weighted by Crippen LogP contribution is -2.08. The summed E-state index contributed by atoms with van der Waals surface area (Å²) in [5.41, 5.74) is 1.32. The Hall–Kier alpha value is -3.09. The third-order valence-electron chi connectivity index (χ3n) is 3.10. The van der Waals surface area contributed by atoms with Gasteiger partial charge in [0.15, 0.2) is 11.3 Å². The lowest BCUT2D eigenvalue weighted by atomic mass is 10.2. The first-order chi connectivity index (χ1) is 11.2. The maximum Gasteiger partial charge on any atom is 0.357 e. The Morgan fingerprint density at radius 3 is 2.78 bits per heavy atom. The molecule has 3 aromatic rings. The molecule has 0 radical (unpaired) electrons. The number of hydrogen-bond acceptors (Lipinski definition) is 6. The van der Waals surface area contributed by atoms with Gasteiger partial charge in [-0.15, -0.1) is 5.10 Å². The maximum absolute atomic E-state index is 11.7. The van der Waals surface area contributed by atoms with E-state index in [4.69, 9.17) is 9.47 Å². The molecule has 0 saturated carbocycles. The molecule has 1 N–H and O–H groups in total. The predicted octanol–water partition coefficient (Wildman–Crippen LogP) is 2.19. The fourth-order valence-corrected chi connectivity index (χ4v) is 2.05. The van der Waals surface area contributed by atoms with Crippen LogP contribution < -0.4 is 4.74 Å². The summed E-state index contributed by atoms with van der Waals surface area (Å²) in [5, 5.41) is 14.1. The Kier molecular flexibility index (Phi) is 4.09. The Labute approximate surface area is 132 Å². The van der Waals surface area contributed by atoms with Gasteiger partial charge in [0.25, 0.3) is 0 Å². The van der Waals surface area contributed by atoms with Gasteiger partial charge in [0.1, 0.15) is 6.61 Å². The van der Waals surface area contributed by atoms with Crippen molar-refractivity contribution in [3.8, 4) is 11.8 Å². The van der Waals surface area contributed by atoms with Gasteiger partial charge in [0.2, 0.25) is 11.8 Å². The second-order valence-corrected chi connectivity index (χ2v) is 4.75. The normalized spacial score (nSPS) is 10.7. The van der Waals surface area contributed by atoms with Crippen LogP contribution >= 0.6 is 0 Å². The van der Waals surface area contributed by atoms with E-state index >= 15 is 0 Å². The highest BCUT2D eigenvalue weighted by atomic mass is 16.5. The molecular weight excluding hydrogens is 298 g/mol. The van der Waals surface area contributed by atoms with Gasteiger partial charge >= 0.3 is 5.97 Å². The summed E-state index contributed by atoms with van der Waals surface area (Å²) in [4.78, 5) is 15.8. The average molecular weight is 313 g/mol. The zero-order valence-corrected chi connectivity index (χ0v) is 12.5. The molecule has 0 bridgehead atoms. The summed E-state index contributed by atoms with van der Waals surface area (Å²) in [6, 6.07) is 12.4. The van der Waals surface area contributed by atoms with Crippen molar-refractivity contribution in [3.05, 3.63) is 53.7 Å². The van der Waals surface area contributed by atoms with Crippen molar-refractivity contribution in [3.63, 3.8) is 0 Å². The maximum atomic E-state index is 11.7. The highest BCUT2D eigenvalue weighted by molar-refractivity contribution is 5.88. The van der Waals surface area contributed by atoms with Crippen molar-refractivity contribution >= 4 is 11.6 Å². The van der Waals surface area contributed by atoms with Crippen LogP contribution in [0.4, 0.5) is 0 Å². The van der Waals surface area contributed by atoms with Gasteiger partial charge in [-0.2, -0.15) is 4.52 Å². The lowest BCUT2D eigenvalue weighted by molar-refractivity contribution is 0.0519. The Morgan fingerprint density at radius 1 is 1.26 bits per heavy atom. The minimum absolute atomic E-state index is 0.0198. The van der Waals surface area contributed by atoms with Gasteiger partial charge in [-0.05, 0) is 12.5 Å². The van der Waals surface area contributed by atoms with Crippen LogP contribution in [-0.4, -0.2) is 32.3 Å². The van der Waals surface area contributed by atoms with E-state index in [9.17, 15) is 9.90 Å². The lowest BCUT2D eigenvalue weighted by Gasteiger charge is -2.02. The summed E-state index contributed by atoms with van der Waals surface area (Å²) in [6.45, 7) is 2.28. The predicted molar refractivity (Wildman–Crippen MR) is 81.4 cm³/mol. The molecule has 7 heteroatoms. The van der Waals surface area contributed by atoms with Crippen molar-refractivity contribution in [2.75, 3.05) is 6.61 Å². The standard InChI is InChI=1S/C16H15N3O4/c1-2-22-16(21)12-8-15(20)19-13(17-12)9-14(18-19)23-10-11-6-4-3-5-7-11/h3-9,20H,2,10H2,1H3. The van der Waals surface area contributed by atoms with E-state index in [1.807, 2.05) is 30.3 Å². The molecule has 118 valence electrons. The van der Waals surface area contributed by atoms with Crippen molar-refractivity contribution in [1.82, 2.24) is 14.6 Å². The zero-order valence-electron chi connectivity index (χ0n) is 12.5. The summed E-state index contributed by atoms with van der Waals surface area (Å²) in [5.74, 6) is -0.511. The Bertz CT molecular complexity index is 830. The second kappa shape index (κ2) is 6.35. The van der Waals surface area contributed by atoms with Crippen LogP contribution in [0.1, 0.15) is 23.0 Å². The van der Waals surface area contributed by atoms with Gasteiger partial charge in [-0.1, -0.05) is 30.3 Å². The van der Waals surface area contributed by atoms with Crippen LogP contribution in [0.3, 0.4) is 0 Å². The van der Waals surface area contributed by atoms with Gasteiger partial charge < -0.3 is 14.6 Å². The molecule has 0 aliphatic heterocycles. The van der Waals surface area contributed by atoms with Gasteiger partial charge in [-0.25, -0.2) is 9.78 Å². The van der Waals surface area contributed by atoms with E-state index in [0.717, 1.165) is 5.56 Å². The van der Waals surface area contributed by atoms with Crippen molar-refractivity contribution in [2.45, 2.75) is 13.5 Å². The first-order valence-corrected chi connectivity index (χ1v) is 7.11. The van der Waals surface area contributed by atoms with E-state index < -0.39 is 5.97 Å². The first-order valence-electron chi connectivity index (χ1n) is 7.11. The number of carbonyl (C=O) groups is 1. The molecule has 2 aromatic heterocycles. The van der Waals surface area contributed by atoms with Crippen molar-refractivity contribution < 1.29 is 19.4 Å². The van der Waals surface area contributed by atoms with Crippen molar-refractivity contribution in [1.29, 1.82) is 0 Å². The molecule has 2 heterocycles. The number of rotatable bonds is 5. The topological polar surface area (TPSA) is 86.0 Å². The van der Waals surface area contributed by atoms with Gasteiger partial charge in [0, 0.05) is 12.1 Å². The summed E-state index contributed by atoms with van der Waals surface area (Å²) in [7, 11) is 0. The van der Waals surface area contributed by atoms with Crippen LogP contribution in [0, 0.1) is 0 Å². The first kappa shape index (κ1) is 14.8. The highest BCUT2D eigenvalue weighted by Crippen LogP contribution is 2.19. The van der Waals surface area contributed by atoms with Crippen LogP contribution in [0.2, 0.25) is 0 Å². The summed E-state index contributed by atoms with van der Waals surface area (Å²) < 4.78 is 11.6. The monoisotopic (exact) mass is 313 g/mol. The quantitative estimate of drug-likeness (QED) is 0.727. The third kappa shape index (κ3) is 3.23. The largest absolute Gasteiger partial charge is 0.493 e. The Morgan fingerprint density at radius 2 is 2.04 bits per heavy atom. The number of aromatic hydroxyl groups is 1. The van der Waals surface area contributed by atoms with Gasteiger partial charge in [-0.3, -0.25) is 0 Å². The number of hydrogen-bond donors (Lipinski definition) is 1. The molecule has 3 rings (SSSR count). The fraction of sp³-hybridized carbons (Fsp3) is 0.188. The summed E-state index contributed by atoms with van der Waals surface area (Å²) >= 11 is 0. The number of benzene rings is 1. The zero-order chi connectivity index (χ0) is 16.2. The molecule has 7 nitrogen and oxygen atoms in total. The summed E-state index contributed by atoms with van der Waals surface area (Å²) in [6.07, 6.45) is 0. The minimum atomic E-state index is -0.599. The molecule has 1 aromatic carbocycles. The molecule has 0 saturated heterocycles. The highest BCUT2D eigenvalue weighted by Gasteiger charge is 2.15. The van der Waals surface area contributed by atoms with Crippen LogP contribution in [0.15, 0.2) is 42.5 Å². The molecule has 0 aliphatic rings. The molecule has 0 aliphatic carbocycles. The van der Waals surface area contributed by atoms with E-state index in [-0.39, 0.29) is 18.2 Å². The van der Waals surface area contributed by atoms with E-state index in [0.29, 0.717) is 18.1 Å². The number of aromatic nitrogens is 3. The SMILES string of the molecule is CCOC(=O)c1cc(O)n2nc(OCc3ccccc3)cc2n1. The number of nitrogens with zero attached hydrogens (tertiary/aromatic N) is 3. The van der Waals surface area contributed by atoms with E-state index in [2.05, 4.69) is 10.1 Å². The van der Waals surface area contributed by atoms with E-state index in [1.54, 1.807) is 13.0 Å². The minimum Gasteiger partial charge on any atom is -0.493 e. The molecule has 0 unspecified atom stereocenters. The molecule has 23 heavy (non-hydrogen) atoms. The Balaban J connectivity index is 1.83. The molecular formula is C16H15N3O4. The fourth-order valence-electron chi connectivity index (χ4n) is 2.05. The molecule has 0 spiro atoms. The number of ether oxygens (including phenoxy) is 2. The van der Waals surface area contributed by atoms with Crippen molar-refractivity contribution in [2.24, 2.45) is 0 Å². The molecule has 0 amide bonds. The van der Waals surface area contributed by atoms with Gasteiger partial charge in [0.05, 0.1) is 6.61 Å². The number of fused-ring (bicyclic) bond motifs is 1. The third-order valence-corrected chi connectivity index (χ3v) is 3.10. The molecule has 0 atom stereocenters. The second-order valence-electron chi connectivity index (χ2n) is 4.75. The smallest absolute Gasteiger partial charge is 0.357 e. The number of esters is 1. The number of carbonyl (C=O) groups excluding carboxylic acids is 1. The van der Waals surface area contributed by atoms with Crippen LogP contribution in [0.5, 0.6) is 11.8 Å². The van der Waals surface area contributed by atoms with Crippen LogP contribution in [0.25, 0.3) is 5.65 Å². The van der Waals surface area contributed by atoms with E-state index in [1.165, 1.54) is 10.6 Å².